The number of likely N-dealkylation sites (tertiary alicyclic amines) is 1. The standard InChI is InChI=1S/C15H22N2O2/c1-3-11-8-9-17(10-11)15(18)12-6-5-7-13(16)14(12)19-4-2/h5-7,11H,3-4,8-10,16H2,1-2H3. The van der Waals surface area contributed by atoms with Gasteiger partial charge in [0.2, 0.25) is 0 Å². The highest BCUT2D eigenvalue weighted by Gasteiger charge is 2.27. The molecule has 1 aromatic carbocycles. The van der Waals surface area contributed by atoms with Crippen LogP contribution >= 0.6 is 0 Å². The maximum Gasteiger partial charge on any atom is 0.257 e. The van der Waals surface area contributed by atoms with E-state index in [1.54, 1.807) is 18.2 Å². The lowest BCUT2D eigenvalue weighted by molar-refractivity contribution is 0.0783. The maximum absolute atomic E-state index is 12.5. The van der Waals surface area contributed by atoms with Gasteiger partial charge in [0.1, 0.15) is 0 Å². The first-order chi connectivity index (χ1) is 9.17. The molecule has 104 valence electrons. The fourth-order valence-electron chi connectivity index (χ4n) is 2.55. The molecule has 4 nitrogen and oxygen atoms in total. The second-order valence-corrected chi connectivity index (χ2v) is 4.97. The van der Waals surface area contributed by atoms with E-state index in [1.807, 2.05) is 11.8 Å². The average molecular weight is 262 g/mol. The van der Waals surface area contributed by atoms with Gasteiger partial charge in [0.05, 0.1) is 17.9 Å². The van der Waals surface area contributed by atoms with E-state index in [2.05, 4.69) is 6.92 Å². The summed E-state index contributed by atoms with van der Waals surface area (Å²) in [5.74, 6) is 1.18. The number of carbonyl (C=O) groups excluding carboxylic acids is 1. The summed E-state index contributed by atoms with van der Waals surface area (Å²) in [4.78, 5) is 14.5. The number of carbonyl (C=O) groups is 1. The largest absolute Gasteiger partial charge is 0.491 e. The molecule has 0 spiro atoms. The van der Waals surface area contributed by atoms with Gasteiger partial charge in [-0.15, -0.1) is 0 Å². The molecule has 4 heteroatoms. The normalized spacial score (nSPS) is 18.6. The van der Waals surface area contributed by atoms with E-state index >= 15 is 0 Å². The highest BCUT2D eigenvalue weighted by Crippen LogP contribution is 2.29. The lowest BCUT2D eigenvalue weighted by atomic mass is 10.1. The minimum Gasteiger partial charge on any atom is -0.491 e. The van der Waals surface area contributed by atoms with E-state index in [1.165, 1.54) is 0 Å². The molecule has 1 atom stereocenters. The van der Waals surface area contributed by atoms with Crippen LogP contribution in [0.4, 0.5) is 5.69 Å². The summed E-state index contributed by atoms with van der Waals surface area (Å²) in [5.41, 5.74) is 7.01. The van der Waals surface area contributed by atoms with Crippen LogP contribution in [0.3, 0.4) is 0 Å². The summed E-state index contributed by atoms with van der Waals surface area (Å²) in [6.45, 7) is 6.24. The van der Waals surface area contributed by atoms with Crippen LogP contribution in [-0.4, -0.2) is 30.5 Å². The molecule has 2 rings (SSSR count). The number of amides is 1. The van der Waals surface area contributed by atoms with Crippen LogP contribution in [0.5, 0.6) is 5.75 Å². The maximum atomic E-state index is 12.5. The molecule has 19 heavy (non-hydrogen) atoms. The van der Waals surface area contributed by atoms with Gasteiger partial charge >= 0.3 is 0 Å². The molecule has 1 aliphatic heterocycles. The Kier molecular flexibility index (Phi) is 4.30. The summed E-state index contributed by atoms with van der Waals surface area (Å²) in [5, 5.41) is 0. The van der Waals surface area contributed by atoms with Crippen molar-refractivity contribution in [3.8, 4) is 5.75 Å². The van der Waals surface area contributed by atoms with E-state index in [9.17, 15) is 4.79 Å². The molecule has 1 saturated heterocycles. The van der Waals surface area contributed by atoms with Crippen LogP contribution in [0.15, 0.2) is 18.2 Å². The molecular formula is C15H22N2O2. The van der Waals surface area contributed by atoms with Crippen LogP contribution in [0.25, 0.3) is 0 Å². The molecule has 1 aromatic rings. The molecule has 1 unspecified atom stereocenters. The van der Waals surface area contributed by atoms with E-state index < -0.39 is 0 Å². The van der Waals surface area contributed by atoms with Gasteiger partial charge in [-0.3, -0.25) is 4.79 Å². The van der Waals surface area contributed by atoms with Gasteiger partial charge in [0, 0.05) is 13.1 Å². The number of hydrogen-bond donors (Lipinski definition) is 1. The van der Waals surface area contributed by atoms with Crippen molar-refractivity contribution in [1.82, 2.24) is 4.90 Å². The number of ether oxygens (including phenoxy) is 1. The molecular weight excluding hydrogens is 240 g/mol. The lowest BCUT2D eigenvalue weighted by Gasteiger charge is -2.19. The topological polar surface area (TPSA) is 55.6 Å². The molecule has 0 radical (unpaired) electrons. The molecule has 1 heterocycles. The van der Waals surface area contributed by atoms with Crippen molar-refractivity contribution in [2.75, 3.05) is 25.4 Å². The smallest absolute Gasteiger partial charge is 0.257 e. The molecule has 2 N–H and O–H groups in total. The first kappa shape index (κ1) is 13.7. The first-order valence-electron chi connectivity index (χ1n) is 6.97. The van der Waals surface area contributed by atoms with Gasteiger partial charge in [0.25, 0.3) is 5.91 Å². The quantitative estimate of drug-likeness (QED) is 0.848. The molecule has 0 saturated carbocycles. The zero-order valence-electron chi connectivity index (χ0n) is 11.7. The first-order valence-corrected chi connectivity index (χ1v) is 6.97. The average Bonchev–Trinajstić information content (AvgIpc) is 2.89. The Morgan fingerprint density at radius 2 is 2.26 bits per heavy atom. The number of benzene rings is 1. The highest BCUT2D eigenvalue weighted by molar-refractivity contribution is 5.98. The molecule has 1 fully saturated rings. The van der Waals surface area contributed by atoms with E-state index in [0.717, 1.165) is 25.9 Å². The third-order valence-electron chi connectivity index (χ3n) is 3.71. The Hall–Kier alpha value is -1.71. The second kappa shape index (κ2) is 5.95. The number of anilines is 1. The number of nitrogen functional groups attached to an aromatic ring is 1. The number of hydrogen-bond acceptors (Lipinski definition) is 3. The van der Waals surface area contributed by atoms with E-state index in [0.29, 0.717) is 29.5 Å². The number of para-hydroxylation sites is 1. The van der Waals surface area contributed by atoms with Gasteiger partial charge in [-0.25, -0.2) is 0 Å². The zero-order valence-corrected chi connectivity index (χ0v) is 11.7. The highest BCUT2D eigenvalue weighted by atomic mass is 16.5. The SMILES string of the molecule is CCOc1c(N)cccc1C(=O)N1CCC(CC)C1. The van der Waals surface area contributed by atoms with Gasteiger partial charge in [-0.2, -0.15) is 0 Å². The lowest BCUT2D eigenvalue weighted by Crippen LogP contribution is -2.29. The fourth-order valence-corrected chi connectivity index (χ4v) is 2.55. The van der Waals surface area contributed by atoms with Crippen LogP contribution in [0.1, 0.15) is 37.0 Å². The predicted octanol–water partition coefficient (Wildman–Crippen LogP) is 2.54. The van der Waals surface area contributed by atoms with Crippen LogP contribution in [0.2, 0.25) is 0 Å². The van der Waals surface area contributed by atoms with Crippen LogP contribution in [-0.2, 0) is 0 Å². The number of nitrogens with zero attached hydrogens (tertiary/aromatic N) is 1. The monoisotopic (exact) mass is 262 g/mol. The Morgan fingerprint density at radius 3 is 2.89 bits per heavy atom. The third-order valence-corrected chi connectivity index (χ3v) is 3.71. The molecule has 0 bridgehead atoms. The molecule has 0 aliphatic carbocycles. The van der Waals surface area contributed by atoms with Crippen molar-refractivity contribution < 1.29 is 9.53 Å². The van der Waals surface area contributed by atoms with Gasteiger partial charge in [-0.1, -0.05) is 19.4 Å². The van der Waals surface area contributed by atoms with Gasteiger partial charge < -0.3 is 15.4 Å². The Morgan fingerprint density at radius 1 is 1.47 bits per heavy atom. The Bertz CT molecular complexity index is 459. The summed E-state index contributed by atoms with van der Waals surface area (Å²) in [6, 6.07) is 5.36. The summed E-state index contributed by atoms with van der Waals surface area (Å²) >= 11 is 0. The molecule has 1 amide bonds. The molecule has 1 aliphatic rings. The fraction of sp³-hybridized carbons (Fsp3) is 0.533. The van der Waals surface area contributed by atoms with Gasteiger partial charge in [0.15, 0.2) is 5.75 Å². The van der Waals surface area contributed by atoms with E-state index in [-0.39, 0.29) is 5.91 Å². The Balaban J connectivity index is 2.22. The number of nitrogens with two attached hydrogens (primary N) is 1. The predicted molar refractivity (Wildman–Crippen MR) is 76.3 cm³/mol. The second-order valence-electron chi connectivity index (χ2n) is 4.97. The van der Waals surface area contributed by atoms with Gasteiger partial charge in [-0.05, 0) is 31.4 Å². The number of rotatable bonds is 4. The summed E-state index contributed by atoms with van der Waals surface area (Å²) in [7, 11) is 0. The van der Waals surface area contributed by atoms with E-state index in [4.69, 9.17) is 10.5 Å². The molecule has 0 aromatic heterocycles. The minimum absolute atomic E-state index is 0.0340. The van der Waals surface area contributed by atoms with Crippen molar-refractivity contribution >= 4 is 11.6 Å². The van der Waals surface area contributed by atoms with Crippen molar-refractivity contribution in [2.24, 2.45) is 5.92 Å². The van der Waals surface area contributed by atoms with Crippen molar-refractivity contribution in [3.05, 3.63) is 23.8 Å². The van der Waals surface area contributed by atoms with Crippen LogP contribution in [0, 0.1) is 5.92 Å². The minimum atomic E-state index is 0.0340. The third kappa shape index (κ3) is 2.83. The summed E-state index contributed by atoms with van der Waals surface area (Å²) < 4.78 is 5.53. The van der Waals surface area contributed by atoms with Crippen molar-refractivity contribution in [1.29, 1.82) is 0 Å². The zero-order chi connectivity index (χ0) is 13.8. The van der Waals surface area contributed by atoms with Crippen LogP contribution < -0.4 is 10.5 Å². The van der Waals surface area contributed by atoms with Crippen molar-refractivity contribution in [3.63, 3.8) is 0 Å². The summed E-state index contributed by atoms with van der Waals surface area (Å²) in [6.07, 6.45) is 2.22. The van der Waals surface area contributed by atoms with Crippen molar-refractivity contribution in [2.45, 2.75) is 26.7 Å². The Labute approximate surface area is 114 Å².